The molecule has 0 aliphatic heterocycles. The van der Waals surface area contributed by atoms with Gasteiger partial charge in [-0.3, -0.25) is 0 Å². The van der Waals surface area contributed by atoms with Gasteiger partial charge < -0.3 is 18.9 Å². The Morgan fingerprint density at radius 1 is 0.968 bits per heavy atom. The Morgan fingerprint density at radius 3 is 1.84 bits per heavy atom. The van der Waals surface area contributed by atoms with Gasteiger partial charge in [0.25, 0.3) is 0 Å². The van der Waals surface area contributed by atoms with Gasteiger partial charge in [0.05, 0.1) is 6.10 Å². The molecule has 0 aromatic rings. The second-order valence-electron chi connectivity index (χ2n) is 9.44. The SMILES string of the molecule is C=CC[C@@H](OCCCC)[C@H](C)OC(=O)[C@H](C)N(C(=O)OC(C)(C)C)C(=O)OC(C)(C)C. The van der Waals surface area contributed by atoms with Gasteiger partial charge >= 0.3 is 18.2 Å². The van der Waals surface area contributed by atoms with E-state index in [9.17, 15) is 14.4 Å². The van der Waals surface area contributed by atoms with Crippen molar-refractivity contribution in [2.24, 2.45) is 0 Å². The van der Waals surface area contributed by atoms with Crippen molar-refractivity contribution >= 4 is 18.2 Å². The molecule has 0 aromatic carbocycles. The minimum atomic E-state index is -1.26. The van der Waals surface area contributed by atoms with Crippen LogP contribution in [0.5, 0.6) is 0 Å². The first-order valence-electron chi connectivity index (χ1n) is 10.8. The summed E-state index contributed by atoms with van der Waals surface area (Å²) >= 11 is 0. The smallest absolute Gasteiger partial charge is 0.420 e. The van der Waals surface area contributed by atoms with Gasteiger partial charge in [0.1, 0.15) is 23.3 Å². The van der Waals surface area contributed by atoms with E-state index in [1.54, 1.807) is 54.5 Å². The fourth-order valence-electron chi connectivity index (χ4n) is 2.41. The van der Waals surface area contributed by atoms with Crippen molar-refractivity contribution in [2.45, 2.75) is 111 Å². The standard InChI is InChI=1S/C23H41NO7/c1-11-13-15-28-18(14-12-2)17(4)29-19(25)16(3)24(20(26)30-22(5,6)7)21(27)31-23(8,9)10/h12,16-18H,2,11,13-15H2,1,3-10H3/t16-,17-,18+/m0/s1. The minimum Gasteiger partial charge on any atom is -0.458 e. The molecule has 0 rings (SSSR count). The Hall–Kier alpha value is -2.09. The molecule has 0 unspecified atom stereocenters. The summed E-state index contributed by atoms with van der Waals surface area (Å²) in [5, 5.41) is 0. The second-order valence-corrected chi connectivity index (χ2v) is 9.44. The average molecular weight is 444 g/mol. The van der Waals surface area contributed by atoms with Gasteiger partial charge in [0.2, 0.25) is 0 Å². The number of amides is 2. The molecule has 0 N–H and O–H groups in total. The zero-order chi connectivity index (χ0) is 24.4. The number of hydrogen-bond acceptors (Lipinski definition) is 7. The number of ether oxygens (including phenoxy) is 4. The highest BCUT2D eigenvalue weighted by Gasteiger charge is 2.39. The molecule has 0 spiro atoms. The molecule has 0 aromatic heterocycles. The van der Waals surface area contributed by atoms with E-state index in [4.69, 9.17) is 18.9 Å². The largest absolute Gasteiger partial charge is 0.458 e. The predicted molar refractivity (Wildman–Crippen MR) is 119 cm³/mol. The summed E-state index contributed by atoms with van der Waals surface area (Å²) in [4.78, 5) is 38.8. The van der Waals surface area contributed by atoms with E-state index < -0.39 is 41.5 Å². The predicted octanol–water partition coefficient (Wildman–Crippen LogP) is 5.24. The maximum atomic E-state index is 12.8. The van der Waals surface area contributed by atoms with Gasteiger partial charge in [0.15, 0.2) is 0 Å². The van der Waals surface area contributed by atoms with E-state index in [1.807, 2.05) is 0 Å². The quantitative estimate of drug-likeness (QED) is 0.197. The summed E-state index contributed by atoms with van der Waals surface area (Å²) in [5.41, 5.74) is -1.73. The van der Waals surface area contributed by atoms with Crippen LogP contribution < -0.4 is 0 Å². The van der Waals surface area contributed by atoms with E-state index in [2.05, 4.69) is 13.5 Å². The first-order chi connectivity index (χ1) is 14.1. The number of rotatable bonds is 10. The Kier molecular flexibility index (Phi) is 11.8. The molecule has 0 saturated heterocycles. The molecule has 0 radical (unpaired) electrons. The van der Waals surface area contributed by atoms with Crippen LogP contribution in [0.4, 0.5) is 9.59 Å². The molecule has 8 nitrogen and oxygen atoms in total. The lowest BCUT2D eigenvalue weighted by atomic mass is 10.1. The number of carbonyl (C=O) groups is 3. The van der Waals surface area contributed by atoms with Crippen LogP contribution in [0.3, 0.4) is 0 Å². The molecule has 0 fully saturated rings. The highest BCUT2D eigenvalue weighted by atomic mass is 16.6. The van der Waals surface area contributed by atoms with Crippen LogP contribution in [0, 0.1) is 0 Å². The van der Waals surface area contributed by atoms with Gasteiger partial charge in [-0.05, 0) is 68.2 Å². The van der Waals surface area contributed by atoms with Gasteiger partial charge in [-0.25, -0.2) is 14.4 Å². The van der Waals surface area contributed by atoms with Crippen LogP contribution in [0.25, 0.3) is 0 Å². The molecule has 0 saturated carbocycles. The van der Waals surface area contributed by atoms with Gasteiger partial charge in [-0.1, -0.05) is 19.4 Å². The van der Waals surface area contributed by atoms with E-state index in [1.165, 1.54) is 6.92 Å². The third-order valence-corrected chi connectivity index (χ3v) is 3.96. The molecule has 2 amide bonds. The van der Waals surface area contributed by atoms with E-state index in [-0.39, 0.29) is 6.10 Å². The Morgan fingerprint density at radius 2 is 1.45 bits per heavy atom. The average Bonchev–Trinajstić information content (AvgIpc) is 2.57. The lowest BCUT2D eigenvalue weighted by Gasteiger charge is -2.32. The first kappa shape index (κ1) is 28.9. The zero-order valence-electron chi connectivity index (χ0n) is 20.6. The Labute approximate surface area is 187 Å². The van der Waals surface area contributed by atoms with Gasteiger partial charge in [0, 0.05) is 6.61 Å². The summed E-state index contributed by atoms with van der Waals surface area (Å²) in [6.45, 7) is 19.4. The third kappa shape index (κ3) is 11.8. The Bertz CT molecular complexity index is 576. The van der Waals surface area contributed by atoms with E-state index in [0.717, 1.165) is 12.8 Å². The highest BCUT2D eigenvalue weighted by molar-refractivity contribution is 5.94. The molecule has 0 aliphatic rings. The Balaban J connectivity index is 5.48. The van der Waals surface area contributed by atoms with Crippen molar-refractivity contribution in [2.75, 3.05) is 6.61 Å². The molecular weight excluding hydrogens is 402 g/mol. The van der Waals surface area contributed by atoms with Crippen LogP contribution in [0.1, 0.15) is 81.6 Å². The van der Waals surface area contributed by atoms with Crippen LogP contribution in [-0.2, 0) is 23.7 Å². The summed E-state index contributed by atoms with van der Waals surface area (Å²) < 4.78 is 21.9. The second kappa shape index (κ2) is 12.7. The van der Waals surface area contributed by atoms with E-state index in [0.29, 0.717) is 17.9 Å². The summed E-state index contributed by atoms with van der Waals surface area (Å²) in [6, 6.07) is -1.26. The number of esters is 1. The van der Waals surface area contributed by atoms with Crippen molar-refractivity contribution in [3.05, 3.63) is 12.7 Å². The molecule has 0 aliphatic carbocycles. The number of carbonyl (C=O) groups excluding carboxylic acids is 3. The lowest BCUT2D eigenvalue weighted by Crippen LogP contribution is -2.52. The third-order valence-electron chi connectivity index (χ3n) is 3.96. The molecule has 31 heavy (non-hydrogen) atoms. The van der Waals surface area contributed by atoms with Crippen molar-refractivity contribution < 1.29 is 33.3 Å². The number of hydrogen-bond donors (Lipinski definition) is 0. The first-order valence-corrected chi connectivity index (χ1v) is 10.8. The highest BCUT2D eigenvalue weighted by Crippen LogP contribution is 2.19. The maximum absolute atomic E-state index is 12.8. The topological polar surface area (TPSA) is 91.4 Å². The van der Waals surface area contributed by atoms with Crippen molar-refractivity contribution in [3.63, 3.8) is 0 Å². The van der Waals surface area contributed by atoms with Gasteiger partial charge in [-0.2, -0.15) is 4.90 Å². The number of unbranched alkanes of at least 4 members (excludes halogenated alkanes) is 1. The lowest BCUT2D eigenvalue weighted by molar-refractivity contribution is -0.161. The molecule has 0 heterocycles. The molecule has 3 atom stereocenters. The van der Waals surface area contributed by atoms with Crippen LogP contribution in [0.15, 0.2) is 12.7 Å². The maximum Gasteiger partial charge on any atom is 0.420 e. The van der Waals surface area contributed by atoms with Crippen LogP contribution in [0.2, 0.25) is 0 Å². The van der Waals surface area contributed by atoms with Gasteiger partial charge in [-0.15, -0.1) is 6.58 Å². The molecular formula is C23H41NO7. The fraction of sp³-hybridized carbons (Fsp3) is 0.783. The van der Waals surface area contributed by atoms with Crippen LogP contribution in [-0.4, -0.2) is 59.1 Å². The summed E-state index contributed by atoms with van der Waals surface area (Å²) in [5.74, 6) is -0.766. The molecule has 8 heteroatoms. The van der Waals surface area contributed by atoms with E-state index >= 15 is 0 Å². The minimum absolute atomic E-state index is 0.378. The fourth-order valence-corrected chi connectivity index (χ4v) is 2.41. The van der Waals surface area contributed by atoms with Crippen LogP contribution >= 0.6 is 0 Å². The number of nitrogens with zero attached hydrogens (tertiary/aromatic N) is 1. The molecule has 0 bridgehead atoms. The monoisotopic (exact) mass is 443 g/mol. The van der Waals surface area contributed by atoms with Crippen molar-refractivity contribution in [3.8, 4) is 0 Å². The normalized spacial score (nSPS) is 14.7. The zero-order valence-corrected chi connectivity index (χ0v) is 20.6. The summed E-state index contributed by atoms with van der Waals surface area (Å²) in [7, 11) is 0. The summed E-state index contributed by atoms with van der Waals surface area (Å²) in [6.07, 6.45) is 1.09. The molecule has 180 valence electrons. The van der Waals surface area contributed by atoms with Crippen molar-refractivity contribution in [1.82, 2.24) is 4.90 Å². The number of imide groups is 1. The van der Waals surface area contributed by atoms with Crippen molar-refractivity contribution in [1.29, 1.82) is 0 Å².